The Labute approximate surface area is 191 Å². The van der Waals surface area contributed by atoms with E-state index < -0.39 is 5.91 Å². The van der Waals surface area contributed by atoms with Crippen LogP contribution in [0.2, 0.25) is 5.02 Å². The lowest BCUT2D eigenvalue weighted by Gasteiger charge is -2.33. The van der Waals surface area contributed by atoms with Gasteiger partial charge in [-0.1, -0.05) is 44.5 Å². The summed E-state index contributed by atoms with van der Waals surface area (Å²) in [4.78, 5) is 25.6. The number of halogens is 1. The van der Waals surface area contributed by atoms with Crippen molar-refractivity contribution in [2.45, 2.75) is 46.5 Å². The lowest BCUT2D eigenvalue weighted by Crippen LogP contribution is -2.35. The Bertz CT molecular complexity index is 978. The number of hydrogen-bond donors (Lipinski definition) is 3. The summed E-state index contributed by atoms with van der Waals surface area (Å²) >= 11 is 12.7. The van der Waals surface area contributed by atoms with Crippen LogP contribution in [0, 0.1) is 11.3 Å². The molecule has 0 saturated carbocycles. The number of primary amides is 1. The number of thiocarbonyl (C=S) groups is 1. The van der Waals surface area contributed by atoms with Gasteiger partial charge in [-0.05, 0) is 66.1 Å². The van der Waals surface area contributed by atoms with Crippen LogP contribution < -0.4 is 16.4 Å². The predicted octanol–water partition coefficient (Wildman–Crippen LogP) is 4.71. The third kappa shape index (κ3) is 5.39. The van der Waals surface area contributed by atoms with Crippen LogP contribution >= 0.6 is 35.2 Å². The van der Waals surface area contributed by atoms with Crippen molar-refractivity contribution in [3.63, 3.8) is 0 Å². The van der Waals surface area contributed by atoms with Crippen molar-refractivity contribution >= 4 is 57.1 Å². The topological polar surface area (TPSA) is 84.2 Å². The van der Waals surface area contributed by atoms with Gasteiger partial charge in [0.1, 0.15) is 5.00 Å². The molecule has 3 rings (SSSR count). The van der Waals surface area contributed by atoms with E-state index in [4.69, 9.17) is 29.6 Å². The average molecular weight is 464 g/mol. The van der Waals surface area contributed by atoms with Crippen LogP contribution in [-0.4, -0.2) is 16.9 Å². The number of carbonyl (C=O) groups excluding carboxylic acids is 2. The SMILES string of the molecule is CC(C)(C)[C@@H]1CCc2c(sc(NC(=S)NC(=O)Cc3ccc(Cl)cc3)c2C(N)=O)C1. The summed E-state index contributed by atoms with van der Waals surface area (Å²) in [6.07, 6.45) is 2.94. The summed E-state index contributed by atoms with van der Waals surface area (Å²) in [7, 11) is 0. The highest BCUT2D eigenvalue weighted by Crippen LogP contribution is 2.44. The van der Waals surface area contributed by atoms with E-state index in [-0.39, 0.29) is 22.9 Å². The Hall–Kier alpha value is -1.96. The second-order valence-corrected chi connectivity index (χ2v) is 10.6. The maximum Gasteiger partial charge on any atom is 0.251 e. The Kier molecular flexibility index (Phi) is 6.84. The van der Waals surface area contributed by atoms with E-state index in [2.05, 4.69) is 31.4 Å². The smallest absolute Gasteiger partial charge is 0.251 e. The maximum atomic E-state index is 12.3. The molecular weight excluding hydrogens is 438 g/mol. The van der Waals surface area contributed by atoms with Gasteiger partial charge in [0.15, 0.2) is 5.11 Å². The van der Waals surface area contributed by atoms with Gasteiger partial charge in [0, 0.05) is 9.90 Å². The number of amides is 2. The van der Waals surface area contributed by atoms with Crippen molar-refractivity contribution in [3.8, 4) is 0 Å². The van der Waals surface area contributed by atoms with E-state index >= 15 is 0 Å². The van der Waals surface area contributed by atoms with Gasteiger partial charge in [-0.2, -0.15) is 0 Å². The molecule has 0 spiro atoms. The molecular formula is C22H26ClN3O2S2. The third-order valence-electron chi connectivity index (χ3n) is 5.49. The van der Waals surface area contributed by atoms with Gasteiger partial charge in [0.2, 0.25) is 5.91 Å². The lowest BCUT2D eigenvalue weighted by molar-refractivity contribution is -0.119. The van der Waals surface area contributed by atoms with Crippen LogP contribution in [0.25, 0.3) is 0 Å². The molecule has 4 N–H and O–H groups in total. The number of thiophene rings is 1. The lowest BCUT2D eigenvalue weighted by atomic mass is 9.72. The molecule has 1 heterocycles. The third-order valence-corrected chi connectivity index (χ3v) is 7.12. The Morgan fingerprint density at radius 1 is 1.27 bits per heavy atom. The molecule has 2 aromatic rings. The zero-order valence-electron chi connectivity index (χ0n) is 17.3. The molecule has 1 aromatic carbocycles. The van der Waals surface area contributed by atoms with Crippen molar-refractivity contribution in [2.24, 2.45) is 17.1 Å². The van der Waals surface area contributed by atoms with Crippen molar-refractivity contribution in [3.05, 3.63) is 50.9 Å². The summed E-state index contributed by atoms with van der Waals surface area (Å²) in [6.45, 7) is 6.74. The molecule has 0 saturated heterocycles. The molecule has 160 valence electrons. The maximum absolute atomic E-state index is 12.3. The zero-order valence-corrected chi connectivity index (χ0v) is 19.7. The van der Waals surface area contributed by atoms with E-state index in [0.717, 1.165) is 30.4 Å². The molecule has 8 heteroatoms. The summed E-state index contributed by atoms with van der Waals surface area (Å²) < 4.78 is 0. The number of anilines is 1. The Morgan fingerprint density at radius 3 is 2.53 bits per heavy atom. The fraction of sp³-hybridized carbons (Fsp3) is 0.409. The standard InChI is InChI=1S/C22H26ClN3O2S2/c1-22(2,3)13-6-9-15-16(11-13)30-20(18(15)19(24)28)26-21(29)25-17(27)10-12-4-7-14(23)8-5-12/h4-5,7-8,13H,6,9-11H2,1-3H3,(H2,24,28)(H2,25,26,27,29)/t13-/m1/s1. The number of carbonyl (C=O) groups is 2. The van der Waals surface area contributed by atoms with Gasteiger partial charge in [-0.3, -0.25) is 9.59 Å². The van der Waals surface area contributed by atoms with Crippen molar-refractivity contribution in [1.82, 2.24) is 5.32 Å². The van der Waals surface area contributed by atoms with Crippen LogP contribution in [0.3, 0.4) is 0 Å². The second kappa shape index (κ2) is 9.04. The van der Waals surface area contributed by atoms with Gasteiger partial charge in [0.25, 0.3) is 5.91 Å². The van der Waals surface area contributed by atoms with Crippen LogP contribution in [0.4, 0.5) is 5.00 Å². The largest absolute Gasteiger partial charge is 0.365 e. The first-order valence-electron chi connectivity index (χ1n) is 9.84. The summed E-state index contributed by atoms with van der Waals surface area (Å²) in [6, 6.07) is 7.06. The minimum absolute atomic E-state index is 0.155. The monoisotopic (exact) mass is 463 g/mol. The van der Waals surface area contributed by atoms with Gasteiger partial charge in [-0.15, -0.1) is 11.3 Å². The van der Waals surface area contributed by atoms with Crippen molar-refractivity contribution < 1.29 is 9.59 Å². The van der Waals surface area contributed by atoms with E-state index in [1.165, 1.54) is 16.2 Å². The molecule has 0 fully saturated rings. The first-order chi connectivity index (χ1) is 14.0. The molecule has 0 bridgehead atoms. The van der Waals surface area contributed by atoms with Crippen LogP contribution in [0.15, 0.2) is 24.3 Å². The highest BCUT2D eigenvalue weighted by Gasteiger charge is 2.33. The highest BCUT2D eigenvalue weighted by atomic mass is 35.5. The first kappa shape index (κ1) is 22.7. The minimum atomic E-state index is -0.473. The molecule has 2 amide bonds. The van der Waals surface area contributed by atoms with E-state index in [0.29, 0.717) is 21.5 Å². The molecule has 0 unspecified atom stereocenters. The number of rotatable bonds is 4. The van der Waals surface area contributed by atoms with Crippen molar-refractivity contribution in [1.29, 1.82) is 0 Å². The minimum Gasteiger partial charge on any atom is -0.365 e. The summed E-state index contributed by atoms with van der Waals surface area (Å²) in [5.74, 6) is -0.174. The molecule has 0 aliphatic heterocycles. The van der Waals surface area contributed by atoms with Crippen LogP contribution in [0.5, 0.6) is 0 Å². The molecule has 30 heavy (non-hydrogen) atoms. The van der Waals surface area contributed by atoms with Gasteiger partial charge in [-0.25, -0.2) is 0 Å². The van der Waals surface area contributed by atoms with E-state index in [1.807, 2.05) is 0 Å². The number of benzene rings is 1. The van der Waals surface area contributed by atoms with Gasteiger partial charge >= 0.3 is 0 Å². The normalized spacial score (nSPS) is 15.9. The molecule has 0 radical (unpaired) electrons. The van der Waals surface area contributed by atoms with Crippen LogP contribution in [-0.2, 0) is 24.1 Å². The van der Waals surface area contributed by atoms with Crippen LogP contribution in [0.1, 0.15) is 53.6 Å². The molecule has 1 aliphatic carbocycles. The van der Waals surface area contributed by atoms with Crippen molar-refractivity contribution in [2.75, 3.05) is 5.32 Å². The summed E-state index contributed by atoms with van der Waals surface area (Å²) in [5.41, 5.74) is 8.23. The number of fused-ring (bicyclic) bond motifs is 1. The highest BCUT2D eigenvalue weighted by molar-refractivity contribution is 7.80. The molecule has 1 aliphatic rings. The van der Waals surface area contributed by atoms with Gasteiger partial charge in [0.05, 0.1) is 12.0 Å². The Morgan fingerprint density at radius 2 is 1.93 bits per heavy atom. The zero-order chi connectivity index (χ0) is 22.1. The van der Waals surface area contributed by atoms with E-state index in [1.54, 1.807) is 24.3 Å². The predicted molar refractivity (Wildman–Crippen MR) is 127 cm³/mol. The second-order valence-electron chi connectivity index (χ2n) is 8.68. The number of hydrogen-bond acceptors (Lipinski definition) is 4. The fourth-order valence-electron chi connectivity index (χ4n) is 3.77. The fourth-order valence-corrected chi connectivity index (χ4v) is 5.51. The summed E-state index contributed by atoms with van der Waals surface area (Å²) in [5, 5.41) is 7.08. The molecule has 1 aromatic heterocycles. The Balaban J connectivity index is 1.70. The number of nitrogens with two attached hydrogens (primary N) is 1. The molecule has 5 nitrogen and oxygen atoms in total. The van der Waals surface area contributed by atoms with E-state index in [9.17, 15) is 9.59 Å². The average Bonchev–Trinajstić information content (AvgIpc) is 2.99. The first-order valence-corrected chi connectivity index (χ1v) is 11.4. The molecule has 1 atom stereocenters. The number of nitrogens with one attached hydrogen (secondary N) is 2. The van der Waals surface area contributed by atoms with Gasteiger partial charge < -0.3 is 16.4 Å². The quantitative estimate of drug-likeness (QED) is 0.573.